The van der Waals surface area contributed by atoms with Crippen LogP contribution in [0.3, 0.4) is 0 Å². The highest BCUT2D eigenvalue weighted by molar-refractivity contribution is 14.1. The lowest BCUT2D eigenvalue weighted by Gasteiger charge is -2.06. The first kappa shape index (κ1) is 13.5. The smallest absolute Gasteiger partial charge is 0.339 e. The van der Waals surface area contributed by atoms with E-state index >= 15 is 0 Å². The van der Waals surface area contributed by atoms with Gasteiger partial charge in [0.05, 0.1) is 5.56 Å². The second-order valence-corrected chi connectivity index (χ2v) is 5.79. The van der Waals surface area contributed by atoms with E-state index in [1.54, 1.807) is 6.07 Å². The zero-order valence-electron chi connectivity index (χ0n) is 9.40. The molecule has 0 aliphatic heterocycles. The molecule has 0 aliphatic rings. The SMILES string of the molecule is O=C(OCc1ccccc1)c1ccc(I)cc1Br. The molecule has 0 saturated carbocycles. The Kier molecular flexibility index (Phi) is 4.77. The van der Waals surface area contributed by atoms with Gasteiger partial charge in [-0.05, 0) is 62.3 Å². The highest BCUT2D eigenvalue weighted by Gasteiger charge is 2.11. The third kappa shape index (κ3) is 3.55. The van der Waals surface area contributed by atoms with E-state index in [1.807, 2.05) is 42.5 Å². The van der Waals surface area contributed by atoms with Crippen LogP contribution >= 0.6 is 38.5 Å². The minimum atomic E-state index is -0.317. The average Bonchev–Trinajstić information content (AvgIpc) is 2.37. The fourth-order valence-corrected chi connectivity index (χ4v) is 2.92. The summed E-state index contributed by atoms with van der Waals surface area (Å²) >= 11 is 5.56. The Morgan fingerprint density at radius 3 is 2.56 bits per heavy atom. The van der Waals surface area contributed by atoms with E-state index in [1.165, 1.54) is 0 Å². The summed E-state index contributed by atoms with van der Waals surface area (Å²) in [5.74, 6) is -0.317. The third-order valence-corrected chi connectivity index (χ3v) is 3.69. The van der Waals surface area contributed by atoms with Crippen molar-refractivity contribution in [3.63, 3.8) is 0 Å². The molecular weight excluding hydrogens is 407 g/mol. The fourth-order valence-electron chi connectivity index (χ4n) is 1.46. The van der Waals surface area contributed by atoms with Crippen molar-refractivity contribution < 1.29 is 9.53 Å². The summed E-state index contributed by atoms with van der Waals surface area (Å²) in [7, 11) is 0. The van der Waals surface area contributed by atoms with Crippen LogP contribution in [0.25, 0.3) is 0 Å². The molecule has 0 heterocycles. The summed E-state index contributed by atoms with van der Waals surface area (Å²) in [5.41, 5.74) is 1.53. The fraction of sp³-hybridized carbons (Fsp3) is 0.0714. The second kappa shape index (κ2) is 6.33. The minimum Gasteiger partial charge on any atom is -0.457 e. The lowest BCUT2D eigenvalue weighted by Crippen LogP contribution is -2.06. The standard InChI is InChI=1S/C14H10BrIO2/c15-13-8-11(16)6-7-12(13)14(17)18-9-10-4-2-1-3-5-10/h1-8H,9H2. The van der Waals surface area contributed by atoms with Gasteiger partial charge in [0.1, 0.15) is 6.61 Å². The van der Waals surface area contributed by atoms with Gasteiger partial charge < -0.3 is 4.74 Å². The number of benzene rings is 2. The first-order chi connectivity index (χ1) is 8.66. The average molecular weight is 417 g/mol. The molecule has 0 amide bonds. The van der Waals surface area contributed by atoms with Gasteiger partial charge in [-0.3, -0.25) is 0 Å². The van der Waals surface area contributed by atoms with Crippen molar-refractivity contribution in [1.82, 2.24) is 0 Å². The van der Waals surface area contributed by atoms with Crippen molar-refractivity contribution in [1.29, 1.82) is 0 Å². The Balaban J connectivity index is 2.04. The largest absolute Gasteiger partial charge is 0.457 e. The zero-order chi connectivity index (χ0) is 13.0. The van der Waals surface area contributed by atoms with Gasteiger partial charge in [-0.2, -0.15) is 0 Å². The number of carbonyl (C=O) groups excluding carboxylic acids is 1. The van der Waals surface area contributed by atoms with E-state index in [0.717, 1.165) is 13.6 Å². The van der Waals surface area contributed by atoms with Gasteiger partial charge >= 0.3 is 5.97 Å². The van der Waals surface area contributed by atoms with E-state index in [-0.39, 0.29) is 12.6 Å². The molecule has 18 heavy (non-hydrogen) atoms. The highest BCUT2D eigenvalue weighted by Crippen LogP contribution is 2.21. The van der Waals surface area contributed by atoms with Gasteiger partial charge in [0.25, 0.3) is 0 Å². The molecule has 0 spiro atoms. The molecule has 0 radical (unpaired) electrons. The zero-order valence-corrected chi connectivity index (χ0v) is 13.1. The molecule has 0 fully saturated rings. The molecule has 2 rings (SSSR count). The van der Waals surface area contributed by atoms with Crippen LogP contribution in [0.1, 0.15) is 15.9 Å². The van der Waals surface area contributed by atoms with Crippen LogP contribution in [-0.4, -0.2) is 5.97 Å². The molecule has 0 unspecified atom stereocenters. The Morgan fingerprint density at radius 1 is 1.17 bits per heavy atom. The van der Waals surface area contributed by atoms with Crippen LogP contribution in [0.4, 0.5) is 0 Å². The van der Waals surface area contributed by atoms with E-state index in [0.29, 0.717) is 5.56 Å². The van der Waals surface area contributed by atoms with E-state index in [2.05, 4.69) is 38.5 Å². The maximum Gasteiger partial charge on any atom is 0.339 e. The lowest BCUT2D eigenvalue weighted by atomic mass is 10.2. The minimum absolute atomic E-state index is 0.290. The van der Waals surface area contributed by atoms with Gasteiger partial charge in [0.15, 0.2) is 0 Å². The lowest BCUT2D eigenvalue weighted by molar-refractivity contribution is 0.0471. The number of esters is 1. The molecule has 0 saturated heterocycles. The summed E-state index contributed by atoms with van der Waals surface area (Å²) in [6, 6.07) is 15.2. The van der Waals surface area contributed by atoms with Crippen molar-refractivity contribution in [2.75, 3.05) is 0 Å². The molecule has 4 heteroatoms. The van der Waals surface area contributed by atoms with Crippen molar-refractivity contribution in [3.05, 3.63) is 67.7 Å². The molecule has 0 N–H and O–H groups in total. The van der Waals surface area contributed by atoms with Crippen LogP contribution in [0.2, 0.25) is 0 Å². The van der Waals surface area contributed by atoms with E-state index in [4.69, 9.17) is 4.74 Å². The van der Waals surface area contributed by atoms with Crippen molar-refractivity contribution in [3.8, 4) is 0 Å². The monoisotopic (exact) mass is 416 g/mol. The van der Waals surface area contributed by atoms with E-state index in [9.17, 15) is 4.79 Å². The van der Waals surface area contributed by atoms with Crippen LogP contribution in [-0.2, 0) is 11.3 Å². The molecule has 2 nitrogen and oxygen atoms in total. The van der Waals surface area contributed by atoms with Gasteiger partial charge in [-0.15, -0.1) is 0 Å². The predicted octanol–water partition coefficient (Wildman–Crippen LogP) is 4.41. The van der Waals surface area contributed by atoms with Crippen LogP contribution in [0.15, 0.2) is 53.0 Å². The third-order valence-electron chi connectivity index (χ3n) is 2.36. The molecule has 92 valence electrons. The summed E-state index contributed by atoms with van der Waals surface area (Å²) in [6.07, 6.45) is 0. The number of hydrogen-bond acceptors (Lipinski definition) is 2. The Labute approximate surface area is 128 Å². The van der Waals surface area contributed by atoms with Crippen LogP contribution in [0, 0.1) is 3.57 Å². The number of hydrogen-bond donors (Lipinski definition) is 0. The number of rotatable bonds is 3. The first-order valence-corrected chi connectivity index (χ1v) is 7.20. The number of carbonyl (C=O) groups is 1. The first-order valence-electron chi connectivity index (χ1n) is 5.33. The van der Waals surface area contributed by atoms with Crippen LogP contribution in [0.5, 0.6) is 0 Å². The number of halogens is 2. The summed E-state index contributed by atoms with van der Waals surface area (Å²) in [5, 5.41) is 0. The van der Waals surface area contributed by atoms with Gasteiger partial charge in [0, 0.05) is 8.04 Å². The summed E-state index contributed by atoms with van der Waals surface area (Å²) < 4.78 is 7.09. The molecule has 0 atom stereocenters. The topological polar surface area (TPSA) is 26.3 Å². The second-order valence-electron chi connectivity index (χ2n) is 3.69. The quantitative estimate of drug-likeness (QED) is 0.547. The molecule has 2 aromatic carbocycles. The predicted molar refractivity (Wildman–Crippen MR) is 82.4 cm³/mol. The molecular formula is C14H10BrIO2. The van der Waals surface area contributed by atoms with Crippen molar-refractivity contribution in [2.45, 2.75) is 6.61 Å². The van der Waals surface area contributed by atoms with Crippen molar-refractivity contribution in [2.24, 2.45) is 0 Å². The Hall–Kier alpha value is -0.880. The number of ether oxygens (including phenoxy) is 1. The molecule has 0 aromatic heterocycles. The van der Waals surface area contributed by atoms with Crippen LogP contribution < -0.4 is 0 Å². The highest BCUT2D eigenvalue weighted by atomic mass is 127. The normalized spacial score (nSPS) is 10.1. The maximum atomic E-state index is 11.9. The Bertz CT molecular complexity index is 555. The summed E-state index contributed by atoms with van der Waals surface area (Å²) in [6.45, 7) is 0.290. The Morgan fingerprint density at radius 2 is 1.89 bits per heavy atom. The molecule has 0 bridgehead atoms. The van der Waals surface area contributed by atoms with Gasteiger partial charge in [0.2, 0.25) is 0 Å². The maximum absolute atomic E-state index is 11.9. The van der Waals surface area contributed by atoms with Gasteiger partial charge in [-0.1, -0.05) is 30.3 Å². The van der Waals surface area contributed by atoms with Crippen molar-refractivity contribution >= 4 is 44.5 Å². The van der Waals surface area contributed by atoms with Gasteiger partial charge in [-0.25, -0.2) is 4.79 Å². The molecule has 0 aliphatic carbocycles. The summed E-state index contributed by atoms with van der Waals surface area (Å²) in [4.78, 5) is 11.9. The molecule has 2 aromatic rings. The van der Waals surface area contributed by atoms with E-state index < -0.39 is 0 Å².